The van der Waals surface area contributed by atoms with Crippen molar-refractivity contribution in [2.75, 3.05) is 0 Å². The summed E-state index contributed by atoms with van der Waals surface area (Å²) in [6, 6.07) is 12.3. The second-order valence-corrected chi connectivity index (χ2v) is 4.64. The molecule has 0 radical (unpaired) electrons. The maximum Gasteiger partial charge on any atom is 0.110 e. The van der Waals surface area contributed by atoms with Crippen molar-refractivity contribution in [3.05, 3.63) is 35.9 Å². The van der Waals surface area contributed by atoms with E-state index < -0.39 is 0 Å². The number of hydrogen-bond acceptors (Lipinski definition) is 1. The molecular weight excluding hydrogens is 206 g/mol. The molecule has 1 heteroatoms. The first-order chi connectivity index (χ1) is 8.40. The first-order valence-corrected chi connectivity index (χ1v) is 6.36. The molecule has 0 amide bonds. The molecule has 0 aromatic heterocycles. The Kier molecular flexibility index (Phi) is 4.23. The highest BCUT2D eigenvalue weighted by Crippen LogP contribution is 2.29. The summed E-state index contributed by atoms with van der Waals surface area (Å²) in [6.07, 6.45) is 6.18. The molecule has 0 spiro atoms. The van der Waals surface area contributed by atoms with E-state index in [2.05, 4.69) is 17.9 Å². The Morgan fingerprint density at radius 1 is 1.06 bits per heavy atom. The maximum atomic E-state index is 9.20. The van der Waals surface area contributed by atoms with Gasteiger partial charge in [-0.15, -0.1) is 0 Å². The van der Waals surface area contributed by atoms with Gasteiger partial charge in [0.1, 0.15) is 5.92 Å². The van der Waals surface area contributed by atoms with Gasteiger partial charge in [0, 0.05) is 5.56 Å². The molecule has 0 heterocycles. The fourth-order valence-corrected chi connectivity index (χ4v) is 2.41. The van der Waals surface area contributed by atoms with Crippen LogP contribution in [0.1, 0.15) is 37.7 Å². The van der Waals surface area contributed by atoms with Crippen LogP contribution in [0.4, 0.5) is 0 Å². The van der Waals surface area contributed by atoms with Crippen LogP contribution in [-0.2, 0) is 0 Å². The number of nitriles is 1. The van der Waals surface area contributed by atoms with Crippen molar-refractivity contribution in [3.8, 4) is 17.9 Å². The predicted octanol–water partition coefficient (Wildman–Crippen LogP) is 3.76. The summed E-state index contributed by atoms with van der Waals surface area (Å²) in [6.45, 7) is 0. The summed E-state index contributed by atoms with van der Waals surface area (Å²) in [4.78, 5) is 0. The molecule has 1 aliphatic carbocycles. The third-order valence-electron chi connectivity index (χ3n) is 3.41. The first kappa shape index (κ1) is 11.7. The number of benzene rings is 1. The molecule has 1 aromatic rings. The van der Waals surface area contributed by atoms with Gasteiger partial charge < -0.3 is 0 Å². The van der Waals surface area contributed by atoms with Gasteiger partial charge in [-0.05, 0) is 30.9 Å². The Hall–Kier alpha value is -1.73. The fraction of sp³-hybridized carbons (Fsp3) is 0.438. The molecule has 17 heavy (non-hydrogen) atoms. The van der Waals surface area contributed by atoms with E-state index in [9.17, 15) is 5.26 Å². The van der Waals surface area contributed by atoms with Crippen LogP contribution in [0.2, 0.25) is 0 Å². The highest BCUT2D eigenvalue weighted by molar-refractivity contribution is 5.35. The average molecular weight is 223 g/mol. The van der Waals surface area contributed by atoms with Gasteiger partial charge in [-0.3, -0.25) is 0 Å². The third kappa shape index (κ3) is 3.36. The molecule has 1 fully saturated rings. The minimum Gasteiger partial charge on any atom is -0.197 e. The molecule has 0 aliphatic heterocycles. The quantitative estimate of drug-likeness (QED) is 0.665. The lowest BCUT2D eigenvalue weighted by Crippen LogP contribution is -2.15. The summed E-state index contributed by atoms with van der Waals surface area (Å²) < 4.78 is 0. The highest BCUT2D eigenvalue weighted by atomic mass is 14.3. The first-order valence-electron chi connectivity index (χ1n) is 6.36. The SMILES string of the molecule is N#C[C@H](C#Cc1ccccc1)C1CCCCC1. The van der Waals surface area contributed by atoms with Crippen molar-refractivity contribution < 1.29 is 0 Å². The molecule has 1 saturated carbocycles. The molecule has 0 saturated heterocycles. The summed E-state index contributed by atoms with van der Waals surface area (Å²) >= 11 is 0. The Labute approximate surface area is 103 Å². The second kappa shape index (κ2) is 6.12. The zero-order valence-electron chi connectivity index (χ0n) is 10.0. The molecule has 1 aliphatic rings. The van der Waals surface area contributed by atoms with E-state index in [4.69, 9.17) is 0 Å². The second-order valence-electron chi connectivity index (χ2n) is 4.64. The smallest absolute Gasteiger partial charge is 0.110 e. The largest absolute Gasteiger partial charge is 0.197 e. The Bertz CT molecular complexity index is 438. The third-order valence-corrected chi connectivity index (χ3v) is 3.41. The van der Waals surface area contributed by atoms with Gasteiger partial charge in [0.2, 0.25) is 0 Å². The van der Waals surface area contributed by atoms with Crippen molar-refractivity contribution in [2.45, 2.75) is 32.1 Å². The monoisotopic (exact) mass is 223 g/mol. The summed E-state index contributed by atoms with van der Waals surface area (Å²) in [5.74, 6) is 6.67. The zero-order chi connectivity index (χ0) is 11.9. The van der Waals surface area contributed by atoms with Crippen molar-refractivity contribution >= 4 is 0 Å². The zero-order valence-corrected chi connectivity index (χ0v) is 10.0. The molecule has 0 bridgehead atoms. The van der Waals surface area contributed by atoms with E-state index in [1.165, 1.54) is 32.1 Å². The van der Waals surface area contributed by atoms with Gasteiger partial charge in [-0.2, -0.15) is 5.26 Å². The Morgan fingerprint density at radius 3 is 2.41 bits per heavy atom. The molecule has 86 valence electrons. The van der Waals surface area contributed by atoms with Gasteiger partial charge in [-0.25, -0.2) is 0 Å². The average Bonchev–Trinajstić information content (AvgIpc) is 2.42. The van der Waals surface area contributed by atoms with E-state index in [1.807, 2.05) is 30.3 Å². The van der Waals surface area contributed by atoms with E-state index in [0.29, 0.717) is 5.92 Å². The minimum absolute atomic E-state index is 0.0875. The van der Waals surface area contributed by atoms with Crippen LogP contribution in [-0.4, -0.2) is 0 Å². The van der Waals surface area contributed by atoms with E-state index >= 15 is 0 Å². The van der Waals surface area contributed by atoms with E-state index in [0.717, 1.165) is 5.56 Å². The minimum atomic E-state index is -0.0875. The van der Waals surface area contributed by atoms with Crippen molar-refractivity contribution in [2.24, 2.45) is 11.8 Å². The van der Waals surface area contributed by atoms with Crippen LogP contribution >= 0.6 is 0 Å². The van der Waals surface area contributed by atoms with E-state index in [-0.39, 0.29) is 5.92 Å². The fourth-order valence-electron chi connectivity index (χ4n) is 2.41. The number of hydrogen-bond donors (Lipinski definition) is 0. The Balaban J connectivity index is 2.05. The predicted molar refractivity (Wildman–Crippen MR) is 69.0 cm³/mol. The normalized spacial score (nSPS) is 17.6. The molecule has 0 N–H and O–H groups in total. The van der Waals surface area contributed by atoms with Crippen LogP contribution in [0.5, 0.6) is 0 Å². The molecular formula is C16H17N. The topological polar surface area (TPSA) is 23.8 Å². The molecule has 1 aromatic carbocycles. The lowest BCUT2D eigenvalue weighted by Gasteiger charge is -2.22. The summed E-state index contributed by atoms with van der Waals surface area (Å²) in [5.41, 5.74) is 1.00. The van der Waals surface area contributed by atoms with E-state index in [1.54, 1.807) is 0 Å². The molecule has 0 unspecified atom stereocenters. The van der Waals surface area contributed by atoms with Crippen LogP contribution in [0.25, 0.3) is 0 Å². The molecule has 1 atom stereocenters. The van der Waals surface area contributed by atoms with Gasteiger partial charge in [0.25, 0.3) is 0 Å². The highest BCUT2D eigenvalue weighted by Gasteiger charge is 2.21. The van der Waals surface area contributed by atoms with Crippen molar-refractivity contribution in [1.29, 1.82) is 5.26 Å². The van der Waals surface area contributed by atoms with Gasteiger partial charge in [-0.1, -0.05) is 49.3 Å². The lowest BCUT2D eigenvalue weighted by atomic mass is 9.81. The van der Waals surface area contributed by atoms with Gasteiger partial charge in [0.15, 0.2) is 0 Å². The summed E-state index contributed by atoms with van der Waals surface area (Å²) in [7, 11) is 0. The summed E-state index contributed by atoms with van der Waals surface area (Å²) in [5, 5.41) is 9.20. The maximum absolute atomic E-state index is 9.20. The van der Waals surface area contributed by atoms with Gasteiger partial charge >= 0.3 is 0 Å². The molecule has 2 rings (SSSR count). The van der Waals surface area contributed by atoms with Crippen LogP contribution in [0.15, 0.2) is 30.3 Å². The molecule has 1 nitrogen and oxygen atoms in total. The lowest BCUT2D eigenvalue weighted by molar-refractivity contribution is 0.327. The Morgan fingerprint density at radius 2 is 1.76 bits per heavy atom. The number of nitrogens with zero attached hydrogens (tertiary/aromatic N) is 1. The van der Waals surface area contributed by atoms with Crippen molar-refractivity contribution in [3.63, 3.8) is 0 Å². The van der Waals surface area contributed by atoms with Crippen LogP contribution < -0.4 is 0 Å². The van der Waals surface area contributed by atoms with Crippen molar-refractivity contribution in [1.82, 2.24) is 0 Å². The standard InChI is InChI=1S/C16H17N/c17-13-16(15-9-5-2-6-10-15)12-11-14-7-3-1-4-8-14/h1,3-4,7-8,15-16H,2,5-6,9-10H2/t16-/m0/s1. The number of rotatable bonds is 1. The van der Waals surface area contributed by atoms with Crippen LogP contribution in [0, 0.1) is 35.0 Å². The van der Waals surface area contributed by atoms with Gasteiger partial charge in [0.05, 0.1) is 6.07 Å². The van der Waals surface area contributed by atoms with Crippen LogP contribution in [0.3, 0.4) is 0 Å².